The number of alkyl halides is 3. The zero-order chi connectivity index (χ0) is 19.3. The molecule has 0 amide bonds. The summed E-state index contributed by atoms with van der Waals surface area (Å²) < 4.78 is 30.0. The van der Waals surface area contributed by atoms with E-state index >= 15 is 0 Å². The van der Waals surface area contributed by atoms with E-state index in [0.717, 1.165) is 0 Å². The van der Waals surface area contributed by atoms with Crippen LogP contribution in [-0.2, 0) is 10.9 Å². The molecule has 3 rings (SSSR count). The normalized spacial score (nSPS) is 12.4. The predicted octanol–water partition coefficient (Wildman–Crippen LogP) is 6.27. The summed E-state index contributed by atoms with van der Waals surface area (Å²) in [6, 6.07) is 9.91. The summed E-state index contributed by atoms with van der Waals surface area (Å²) in [5.41, 5.74) is 0.458. The largest absolute Gasteiger partial charge is 0.349 e. The van der Waals surface area contributed by atoms with E-state index in [0.29, 0.717) is 16.3 Å². The third-order valence-electron chi connectivity index (χ3n) is 4.04. The van der Waals surface area contributed by atoms with E-state index in [1.165, 1.54) is 12.3 Å². The number of benzene rings is 1. The molecular weight excluding hydrogens is 379 g/mol. The molecule has 0 bridgehead atoms. The van der Waals surface area contributed by atoms with Gasteiger partial charge in [-0.1, -0.05) is 23.7 Å². The summed E-state index contributed by atoms with van der Waals surface area (Å²) in [5.74, 6) is 0. The van der Waals surface area contributed by atoms with Gasteiger partial charge >= 0.3 is 5.38 Å². The maximum Gasteiger partial charge on any atom is 0.349 e. The molecule has 2 aromatic heterocycles. The van der Waals surface area contributed by atoms with Crippen LogP contribution in [-0.4, -0.2) is 9.55 Å². The third kappa shape index (κ3) is 3.27. The minimum absolute atomic E-state index is 0.0696. The van der Waals surface area contributed by atoms with Crippen LogP contribution in [0.2, 0.25) is 5.02 Å². The number of pyridine rings is 1. The fraction of sp³-hybridized carbons (Fsp3) is 0.263. The second-order valence-electron chi connectivity index (χ2n) is 6.95. The van der Waals surface area contributed by atoms with E-state index in [1.807, 2.05) is 26.8 Å². The molecule has 26 heavy (non-hydrogen) atoms. The van der Waals surface area contributed by atoms with Gasteiger partial charge in [-0.3, -0.25) is 0 Å². The Hall–Kier alpha value is -2.16. The Kier molecular flexibility index (Phi) is 4.46. The third-order valence-corrected chi connectivity index (χ3v) is 4.50. The monoisotopic (exact) mass is 393 g/mol. The number of rotatable bonds is 2. The standard InChI is InChI=1S/C19H15Cl2F2N3/c1-18(2,3)26-10-12(9-24)16-14(19(21,22)23)8-15(25-17(16)26)11-4-6-13(20)7-5-11/h4-8,10H,1-3H3. The summed E-state index contributed by atoms with van der Waals surface area (Å²) in [4.78, 5) is 4.56. The van der Waals surface area contributed by atoms with Crippen molar-refractivity contribution in [2.45, 2.75) is 31.7 Å². The van der Waals surface area contributed by atoms with Crippen molar-refractivity contribution in [3.63, 3.8) is 0 Å². The first-order valence-corrected chi connectivity index (χ1v) is 8.58. The van der Waals surface area contributed by atoms with Crippen LogP contribution in [0, 0.1) is 11.3 Å². The lowest BCUT2D eigenvalue weighted by Crippen LogP contribution is -2.21. The van der Waals surface area contributed by atoms with Crippen LogP contribution >= 0.6 is 23.2 Å². The van der Waals surface area contributed by atoms with Crippen molar-refractivity contribution in [2.75, 3.05) is 0 Å². The molecule has 0 N–H and O–H groups in total. The molecular formula is C19H15Cl2F2N3. The Bertz CT molecular complexity index is 1020. The SMILES string of the molecule is CC(C)(C)n1cc(C#N)c2c(C(F)(F)Cl)cc(-c3ccc(Cl)cc3)nc21. The van der Waals surface area contributed by atoms with Gasteiger partial charge in [-0.15, -0.1) is 0 Å². The predicted molar refractivity (Wildman–Crippen MR) is 99.6 cm³/mol. The zero-order valence-corrected chi connectivity index (χ0v) is 15.8. The maximum atomic E-state index is 14.2. The molecule has 1 aromatic carbocycles. The number of aromatic nitrogens is 2. The molecule has 0 aliphatic carbocycles. The van der Waals surface area contributed by atoms with Crippen molar-refractivity contribution in [3.05, 3.63) is 52.7 Å². The lowest BCUT2D eigenvalue weighted by Gasteiger charge is -2.22. The van der Waals surface area contributed by atoms with Gasteiger partial charge in [0, 0.05) is 27.7 Å². The van der Waals surface area contributed by atoms with Crippen LogP contribution in [0.25, 0.3) is 22.3 Å². The lowest BCUT2D eigenvalue weighted by molar-refractivity contribution is 0.0968. The van der Waals surface area contributed by atoms with Crippen molar-refractivity contribution >= 4 is 34.2 Å². The van der Waals surface area contributed by atoms with E-state index in [2.05, 4.69) is 4.98 Å². The number of nitrogens with zero attached hydrogens (tertiary/aromatic N) is 3. The summed E-state index contributed by atoms with van der Waals surface area (Å²) in [5, 5.41) is 6.39. The van der Waals surface area contributed by atoms with Crippen molar-refractivity contribution in [1.82, 2.24) is 9.55 Å². The molecule has 0 atom stereocenters. The van der Waals surface area contributed by atoms with Gasteiger partial charge in [0.2, 0.25) is 0 Å². The van der Waals surface area contributed by atoms with Crippen LogP contribution in [0.1, 0.15) is 31.9 Å². The molecule has 2 heterocycles. The van der Waals surface area contributed by atoms with Gasteiger partial charge in [0.1, 0.15) is 11.7 Å². The van der Waals surface area contributed by atoms with Crippen molar-refractivity contribution in [1.29, 1.82) is 5.26 Å². The number of nitriles is 1. The summed E-state index contributed by atoms with van der Waals surface area (Å²) in [6.07, 6.45) is 1.54. The maximum absolute atomic E-state index is 14.2. The van der Waals surface area contributed by atoms with Gasteiger partial charge in [-0.2, -0.15) is 14.0 Å². The highest BCUT2D eigenvalue weighted by Crippen LogP contribution is 2.41. The highest BCUT2D eigenvalue weighted by atomic mass is 35.5. The molecule has 134 valence electrons. The average Bonchev–Trinajstić information content (AvgIpc) is 2.92. The molecule has 0 saturated carbocycles. The zero-order valence-electron chi connectivity index (χ0n) is 14.3. The fourth-order valence-electron chi connectivity index (χ4n) is 2.81. The summed E-state index contributed by atoms with van der Waals surface area (Å²) in [6.45, 7) is 5.72. The Morgan fingerprint density at radius 1 is 1.15 bits per heavy atom. The Labute approximate surface area is 159 Å². The number of fused-ring (bicyclic) bond motifs is 1. The fourth-order valence-corrected chi connectivity index (χ4v) is 3.09. The lowest BCUT2D eigenvalue weighted by atomic mass is 10.0. The minimum atomic E-state index is -3.64. The Balaban J connectivity index is 2.44. The quantitative estimate of drug-likeness (QED) is 0.481. The minimum Gasteiger partial charge on any atom is -0.326 e. The smallest absolute Gasteiger partial charge is 0.326 e. The Morgan fingerprint density at radius 3 is 2.27 bits per heavy atom. The molecule has 0 radical (unpaired) electrons. The van der Waals surface area contributed by atoms with Crippen molar-refractivity contribution in [2.24, 2.45) is 0 Å². The van der Waals surface area contributed by atoms with E-state index in [4.69, 9.17) is 23.2 Å². The molecule has 0 fully saturated rings. The van der Waals surface area contributed by atoms with Gasteiger partial charge in [0.05, 0.1) is 16.8 Å². The summed E-state index contributed by atoms with van der Waals surface area (Å²) in [7, 11) is 0. The molecule has 3 aromatic rings. The van der Waals surface area contributed by atoms with Crippen molar-refractivity contribution < 1.29 is 8.78 Å². The number of hydrogen-bond acceptors (Lipinski definition) is 2. The second kappa shape index (κ2) is 6.22. The van der Waals surface area contributed by atoms with E-state index < -0.39 is 16.5 Å². The second-order valence-corrected chi connectivity index (χ2v) is 7.86. The van der Waals surface area contributed by atoms with Crippen LogP contribution < -0.4 is 0 Å². The van der Waals surface area contributed by atoms with Gasteiger partial charge in [-0.05, 0) is 50.6 Å². The first-order valence-electron chi connectivity index (χ1n) is 7.82. The van der Waals surface area contributed by atoms with Gasteiger partial charge in [-0.25, -0.2) is 4.98 Å². The van der Waals surface area contributed by atoms with Gasteiger partial charge in [0.25, 0.3) is 0 Å². The summed E-state index contributed by atoms with van der Waals surface area (Å²) >= 11 is 11.3. The number of halogens is 4. The first-order chi connectivity index (χ1) is 12.0. The van der Waals surface area contributed by atoms with Gasteiger partial charge in [0.15, 0.2) is 0 Å². The first kappa shape index (κ1) is 18.6. The van der Waals surface area contributed by atoms with Gasteiger partial charge < -0.3 is 4.57 Å². The average molecular weight is 394 g/mol. The highest BCUT2D eigenvalue weighted by molar-refractivity contribution is 6.30. The molecule has 0 saturated heterocycles. The highest BCUT2D eigenvalue weighted by Gasteiger charge is 2.34. The Morgan fingerprint density at radius 2 is 1.77 bits per heavy atom. The molecule has 0 spiro atoms. The van der Waals surface area contributed by atoms with Crippen LogP contribution in [0.4, 0.5) is 8.78 Å². The number of hydrogen-bond donors (Lipinski definition) is 0. The molecule has 3 nitrogen and oxygen atoms in total. The van der Waals surface area contributed by atoms with E-state index in [9.17, 15) is 14.0 Å². The molecule has 0 aliphatic rings. The van der Waals surface area contributed by atoms with Crippen LogP contribution in [0.5, 0.6) is 0 Å². The van der Waals surface area contributed by atoms with E-state index in [1.54, 1.807) is 28.8 Å². The van der Waals surface area contributed by atoms with E-state index in [-0.39, 0.29) is 16.6 Å². The topological polar surface area (TPSA) is 41.6 Å². The van der Waals surface area contributed by atoms with Crippen LogP contribution in [0.15, 0.2) is 36.5 Å². The molecule has 0 unspecified atom stereocenters. The van der Waals surface area contributed by atoms with Crippen molar-refractivity contribution in [3.8, 4) is 17.3 Å². The van der Waals surface area contributed by atoms with Crippen LogP contribution in [0.3, 0.4) is 0 Å². The molecule has 0 aliphatic heterocycles. The molecule has 7 heteroatoms.